The van der Waals surface area contributed by atoms with Gasteiger partial charge in [-0.15, -0.1) is 11.8 Å². The predicted octanol–water partition coefficient (Wildman–Crippen LogP) is 5.14. The fourth-order valence-corrected chi connectivity index (χ4v) is 5.11. The molecule has 4 rings (SSSR count). The molecule has 35 heavy (non-hydrogen) atoms. The maximum Gasteiger partial charge on any atom is 0.251 e. The number of hydrogen-bond acceptors (Lipinski definition) is 3. The van der Waals surface area contributed by atoms with Gasteiger partial charge in [-0.2, -0.15) is 0 Å². The second kappa shape index (κ2) is 11.8. The summed E-state index contributed by atoms with van der Waals surface area (Å²) < 4.78 is 2.15. The van der Waals surface area contributed by atoms with E-state index in [4.69, 9.17) is 0 Å². The van der Waals surface area contributed by atoms with Crippen LogP contribution in [0.25, 0.3) is 10.9 Å². The molecule has 0 saturated carbocycles. The molecule has 3 aromatic carbocycles. The van der Waals surface area contributed by atoms with E-state index < -0.39 is 0 Å². The third-order valence-corrected chi connectivity index (χ3v) is 6.85. The average Bonchev–Trinajstić information content (AvgIpc) is 3.20. The SMILES string of the molecule is Cc1cc(C)cc(C(=O)NCCn2cc(SCC(=O)NCCc3ccccc3)c3ccccc32)c1. The quantitative estimate of drug-likeness (QED) is 0.306. The van der Waals surface area contributed by atoms with E-state index in [9.17, 15) is 9.59 Å². The lowest BCUT2D eigenvalue weighted by molar-refractivity contribution is -0.118. The van der Waals surface area contributed by atoms with Gasteiger partial charge in [0.05, 0.1) is 5.75 Å². The highest BCUT2D eigenvalue weighted by Gasteiger charge is 2.12. The van der Waals surface area contributed by atoms with Gasteiger partial charge in [0.2, 0.25) is 5.91 Å². The smallest absolute Gasteiger partial charge is 0.251 e. The number of nitrogens with zero attached hydrogens (tertiary/aromatic N) is 1. The van der Waals surface area contributed by atoms with Crippen molar-refractivity contribution in [2.24, 2.45) is 0 Å². The molecule has 0 fully saturated rings. The third-order valence-electron chi connectivity index (χ3n) is 5.81. The molecule has 1 aromatic heterocycles. The van der Waals surface area contributed by atoms with E-state index in [1.165, 1.54) is 5.56 Å². The Morgan fingerprint density at radius 2 is 1.57 bits per heavy atom. The Bertz CT molecular complexity index is 1290. The first-order chi connectivity index (χ1) is 17.0. The molecule has 5 nitrogen and oxygen atoms in total. The number of fused-ring (bicyclic) bond motifs is 1. The van der Waals surface area contributed by atoms with Crippen LogP contribution in [-0.2, 0) is 17.8 Å². The second-order valence-corrected chi connectivity index (χ2v) is 9.73. The number of hydrogen-bond donors (Lipinski definition) is 2. The van der Waals surface area contributed by atoms with Crippen molar-refractivity contribution in [3.63, 3.8) is 0 Å². The number of rotatable bonds is 10. The van der Waals surface area contributed by atoms with Crippen LogP contribution >= 0.6 is 11.8 Å². The molecule has 0 aliphatic rings. The molecule has 6 heteroatoms. The van der Waals surface area contributed by atoms with Crippen molar-refractivity contribution in [2.45, 2.75) is 31.7 Å². The minimum absolute atomic E-state index is 0.0310. The Hall–Kier alpha value is -3.51. The molecular formula is C29H31N3O2S. The van der Waals surface area contributed by atoms with Gasteiger partial charge in [-0.05, 0) is 44.0 Å². The average molecular weight is 486 g/mol. The van der Waals surface area contributed by atoms with E-state index in [0.29, 0.717) is 31.0 Å². The van der Waals surface area contributed by atoms with Crippen LogP contribution in [0.1, 0.15) is 27.0 Å². The molecule has 0 unspecified atom stereocenters. The first-order valence-corrected chi connectivity index (χ1v) is 12.9. The largest absolute Gasteiger partial charge is 0.355 e. The Labute approximate surface area is 210 Å². The maximum atomic E-state index is 12.6. The Kier molecular flexibility index (Phi) is 8.27. The van der Waals surface area contributed by atoms with Crippen LogP contribution < -0.4 is 10.6 Å². The van der Waals surface area contributed by atoms with Crippen molar-refractivity contribution in [3.8, 4) is 0 Å². The van der Waals surface area contributed by atoms with Gasteiger partial charge in [-0.25, -0.2) is 0 Å². The molecule has 2 N–H and O–H groups in total. The highest BCUT2D eigenvalue weighted by Crippen LogP contribution is 2.29. The molecule has 0 bridgehead atoms. The van der Waals surface area contributed by atoms with Crippen molar-refractivity contribution in [1.82, 2.24) is 15.2 Å². The lowest BCUT2D eigenvalue weighted by atomic mass is 10.1. The Morgan fingerprint density at radius 3 is 2.34 bits per heavy atom. The highest BCUT2D eigenvalue weighted by atomic mass is 32.2. The lowest BCUT2D eigenvalue weighted by Crippen LogP contribution is -2.27. The van der Waals surface area contributed by atoms with E-state index in [2.05, 4.69) is 51.7 Å². The summed E-state index contributed by atoms with van der Waals surface area (Å²) in [6.07, 6.45) is 2.90. The Balaban J connectivity index is 1.32. The monoisotopic (exact) mass is 485 g/mol. The second-order valence-electron chi connectivity index (χ2n) is 8.71. The van der Waals surface area contributed by atoms with E-state index in [-0.39, 0.29) is 11.8 Å². The first-order valence-electron chi connectivity index (χ1n) is 11.9. The molecule has 0 saturated heterocycles. The molecule has 2 amide bonds. The predicted molar refractivity (Wildman–Crippen MR) is 144 cm³/mol. The fraction of sp³-hybridized carbons (Fsp3) is 0.241. The van der Waals surface area contributed by atoms with E-state index in [0.717, 1.165) is 33.3 Å². The molecule has 4 aromatic rings. The van der Waals surface area contributed by atoms with Gasteiger partial charge >= 0.3 is 0 Å². The maximum absolute atomic E-state index is 12.6. The van der Waals surface area contributed by atoms with Crippen molar-refractivity contribution in [2.75, 3.05) is 18.8 Å². The van der Waals surface area contributed by atoms with E-state index >= 15 is 0 Å². The number of amides is 2. The van der Waals surface area contributed by atoms with Gasteiger partial charge in [-0.1, -0.05) is 65.7 Å². The van der Waals surface area contributed by atoms with Crippen LogP contribution in [-0.4, -0.2) is 35.2 Å². The van der Waals surface area contributed by atoms with Gasteiger partial charge in [0.15, 0.2) is 0 Å². The number of nitrogens with one attached hydrogen (secondary N) is 2. The molecule has 0 atom stereocenters. The number of benzene rings is 3. The lowest BCUT2D eigenvalue weighted by Gasteiger charge is -2.09. The number of carbonyl (C=O) groups is 2. The topological polar surface area (TPSA) is 63.1 Å². The van der Waals surface area contributed by atoms with Crippen molar-refractivity contribution >= 4 is 34.5 Å². The van der Waals surface area contributed by atoms with Crippen LogP contribution in [0.15, 0.2) is 83.9 Å². The van der Waals surface area contributed by atoms with Crippen molar-refractivity contribution < 1.29 is 9.59 Å². The zero-order chi connectivity index (χ0) is 24.6. The number of aromatic nitrogens is 1. The normalized spacial score (nSPS) is 10.9. The van der Waals surface area contributed by atoms with Crippen LogP contribution in [0.4, 0.5) is 0 Å². The number of carbonyl (C=O) groups excluding carboxylic acids is 2. The van der Waals surface area contributed by atoms with Gasteiger partial charge in [-0.3, -0.25) is 9.59 Å². The molecule has 0 aliphatic heterocycles. The summed E-state index contributed by atoms with van der Waals surface area (Å²) in [5.74, 6) is 0.338. The molecule has 1 heterocycles. The first kappa shape index (κ1) is 24.6. The molecular weight excluding hydrogens is 454 g/mol. The summed E-state index contributed by atoms with van der Waals surface area (Å²) in [6, 6.07) is 24.2. The van der Waals surface area contributed by atoms with Crippen molar-refractivity contribution in [1.29, 1.82) is 0 Å². The van der Waals surface area contributed by atoms with Crippen molar-refractivity contribution in [3.05, 3.63) is 101 Å². The van der Waals surface area contributed by atoms with Crippen LogP contribution in [0.2, 0.25) is 0 Å². The molecule has 0 aliphatic carbocycles. The minimum atomic E-state index is -0.0602. The fourth-order valence-electron chi connectivity index (χ4n) is 4.20. The number of para-hydroxylation sites is 1. The molecule has 0 spiro atoms. The summed E-state index contributed by atoms with van der Waals surface area (Å²) in [7, 11) is 0. The molecule has 180 valence electrons. The number of thioether (sulfide) groups is 1. The summed E-state index contributed by atoms with van der Waals surface area (Å²) in [6.45, 7) is 5.80. The van der Waals surface area contributed by atoms with Gasteiger partial charge < -0.3 is 15.2 Å². The van der Waals surface area contributed by atoms with Gasteiger partial charge in [0, 0.05) is 47.2 Å². The highest BCUT2D eigenvalue weighted by molar-refractivity contribution is 8.00. The standard InChI is InChI=1S/C29H31N3O2S/c1-21-16-22(2)18-24(17-21)29(34)31-14-15-32-19-27(25-10-6-7-11-26(25)32)35-20-28(33)30-13-12-23-8-4-3-5-9-23/h3-11,16-19H,12-15,20H2,1-2H3,(H,30,33)(H,31,34). The van der Waals surface area contributed by atoms with Crippen LogP contribution in [0.5, 0.6) is 0 Å². The Morgan fingerprint density at radius 1 is 0.857 bits per heavy atom. The minimum Gasteiger partial charge on any atom is -0.355 e. The van der Waals surface area contributed by atoms with Gasteiger partial charge in [0.25, 0.3) is 5.91 Å². The molecule has 0 radical (unpaired) electrons. The van der Waals surface area contributed by atoms with E-state index in [1.807, 2.05) is 56.3 Å². The summed E-state index contributed by atoms with van der Waals surface area (Å²) in [5, 5.41) is 7.16. The van der Waals surface area contributed by atoms with Crippen LogP contribution in [0, 0.1) is 13.8 Å². The third kappa shape index (κ3) is 6.76. The zero-order valence-electron chi connectivity index (χ0n) is 20.2. The summed E-state index contributed by atoms with van der Waals surface area (Å²) >= 11 is 1.54. The number of aryl methyl sites for hydroxylation is 2. The summed E-state index contributed by atoms with van der Waals surface area (Å²) in [4.78, 5) is 26.1. The summed E-state index contributed by atoms with van der Waals surface area (Å²) in [5.41, 5.74) is 5.16. The van der Waals surface area contributed by atoms with Crippen LogP contribution in [0.3, 0.4) is 0 Å². The van der Waals surface area contributed by atoms with Gasteiger partial charge in [0.1, 0.15) is 0 Å². The van der Waals surface area contributed by atoms with E-state index in [1.54, 1.807) is 11.8 Å². The zero-order valence-corrected chi connectivity index (χ0v) is 21.0.